The van der Waals surface area contributed by atoms with Gasteiger partial charge in [0.15, 0.2) is 6.61 Å². The van der Waals surface area contributed by atoms with E-state index in [2.05, 4.69) is 0 Å². The third kappa shape index (κ3) is 3.73. The highest BCUT2D eigenvalue weighted by molar-refractivity contribution is 6.30. The Morgan fingerprint density at radius 2 is 1.88 bits per heavy atom. The quantitative estimate of drug-likeness (QED) is 0.682. The summed E-state index contributed by atoms with van der Waals surface area (Å²) in [6.07, 6.45) is 0.382. The lowest BCUT2D eigenvalue weighted by atomic mass is 9.98. The van der Waals surface area contributed by atoms with E-state index in [1.54, 1.807) is 24.3 Å². The van der Waals surface area contributed by atoms with Crippen LogP contribution in [-0.4, -0.2) is 17.7 Å². The zero-order valence-corrected chi connectivity index (χ0v) is 15.1. The SMILES string of the molecule is Cc1cc(OCC(=O)O)c2c(C)c(Cc3ccc(Cl)cc3)c(=O)oc2c1. The van der Waals surface area contributed by atoms with Gasteiger partial charge in [0, 0.05) is 17.0 Å². The number of aliphatic carboxylic acids is 1. The molecule has 0 fully saturated rings. The summed E-state index contributed by atoms with van der Waals surface area (Å²) < 4.78 is 10.9. The molecule has 0 saturated heterocycles. The summed E-state index contributed by atoms with van der Waals surface area (Å²) in [5.74, 6) is -0.683. The molecule has 26 heavy (non-hydrogen) atoms. The molecule has 1 N–H and O–H groups in total. The van der Waals surface area contributed by atoms with Crippen molar-refractivity contribution >= 4 is 28.5 Å². The summed E-state index contributed by atoms with van der Waals surface area (Å²) in [6.45, 7) is 3.17. The Hall–Kier alpha value is -2.79. The molecule has 0 aliphatic heterocycles. The van der Waals surface area contributed by atoms with Crippen molar-refractivity contribution < 1.29 is 19.1 Å². The number of carbonyl (C=O) groups is 1. The molecule has 134 valence electrons. The van der Waals surface area contributed by atoms with Crippen LogP contribution in [0.2, 0.25) is 5.02 Å². The summed E-state index contributed by atoms with van der Waals surface area (Å²) >= 11 is 5.91. The maximum absolute atomic E-state index is 12.5. The number of ether oxygens (including phenoxy) is 1. The molecule has 0 radical (unpaired) electrons. The smallest absolute Gasteiger partial charge is 0.341 e. The van der Waals surface area contributed by atoms with Gasteiger partial charge in [-0.2, -0.15) is 0 Å². The number of aryl methyl sites for hydroxylation is 2. The van der Waals surface area contributed by atoms with E-state index < -0.39 is 18.2 Å². The van der Waals surface area contributed by atoms with Gasteiger partial charge in [0.1, 0.15) is 11.3 Å². The Bertz CT molecular complexity index is 1030. The van der Waals surface area contributed by atoms with E-state index in [0.29, 0.717) is 39.3 Å². The second-order valence-electron chi connectivity index (χ2n) is 6.11. The summed E-state index contributed by atoms with van der Waals surface area (Å²) in [7, 11) is 0. The molecule has 0 bridgehead atoms. The van der Waals surface area contributed by atoms with Crippen LogP contribution in [-0.2, 0) is 11.2 Å². The minimum Gasteiger partial charge on any atom is -0.481 e. The summed E-state index contributed by atoms with van der Waals surface area (Å²) in [5.41, 5.74) is 2.91. The van der Waals surface area contributed by atoms with E-state index in [1.165, 1.54) is 0 Å². The summed E-state index contributed by atoms with van der Waals surface area (Å²) in [5, 5.41) is 10.1. The zero-order chi connectivity index (χ0) is 18.8. The summed E-state index contributed by atoms with van der Waals surface area (Å²) in [6, 6.07) is 10.7. The fourth-order valence-electron chi connectivity index (χ4n) is 2.90. The van der Waals surface area contributed by atoms with Crippen molar-refractivity contribution in [3.05, 3.63) is 74.1 Å². The first-order valence-corrected chi connectivity index (χ1v) is 8.39. The van der Waals surface area contributed by atoms with Gasteiger partial charge in [-0.1, -0.05) is 23.7 Å². The average molecular weight is 373 g/mol. The van der Waals surface area contributed by atoms with Crippen molar-refractivity contribution in [1.29, 1.82) is 0 Å². The van der Waals surface area contributed by atoms with E-state index in [1.807, 2.05) is 26.0 Å². The molecule has 2 aromatic carbocycles. The number of benzene rings is 2. The number of fused-ring (bicyclic) bond motifs is 1. The van der Waals surface area contributed by atoms with Crippen LogP contribution in [0.3, 0.4) is 0 Å². The van der Waals surface area contributed by atoms with Crippen LogP contribution in [0.4, 0.5) is 0 Å². The van der Waals surface area contributed by atoms with Crippen LogP contribution < -0.4 is 10.4 Å². The topological polar surface area (TPSA) is 76.7 Å². The fourth-order valence-corrected chi connectivity index (χ4v) is 3.03. The van der Waals surface area contributed by atoms with Crippen LogP contribution in [0.1, 0.15) is 22.3 Å². The average Bonchev–Trinajstić information content (AvgIpc) is 2.57. The normalized spacial score (nSPS) is 10.9. The van der Waals surface area contributed by atoms with Crippen LogP contribution >= 0.6 is 11.6 Å². The van der Waals surface area contributed by atoms with Gasteiger partial charge < -0.3 is 14.3 Å². The minimum absolute atomic E-state index is 0.382. The first-order valence-electron chi connectivity index (χ1n) is 8.01. The number of rotatable bonds is 5. The Morgan fingerprint density at radius 1 is 1.19 bits per heavy atom. The number of hydrogen-bond acceptors (Lipinski definition) is 4. The predicted octanol–water partition coefficient (Wildman–Crippen LogP) is 4.12. The molecule has 1 aromatic heterocycles. The Labute approximate surface area is 154 Å². The van der Waals surface area contributed by atoms with Gasteiger partial charge in [0.05, 0.1) is 5.39 Å². The van der Waals surface area contributed by atoms with Gasteiger partial charge in [-0.05, 0) is 54.8 Å². The predicted molar refractivity (Wildman–Crippen MR) is 99.3 cm³/mol. The number of halogens is 1. The maximum atomic E-state index is 12.5. The molecular formula is C20H17ClO5. The zero-order valence-electron chi connectivity index (χ0n) is 14.3. The number of carboxylic acid groups (broad SMARTS) is 1. The van der Waals surface area contributed by atoms with Gasteiger partial charge in [-0.3, -0.25) is 0 Å². The third-order valence-corrected chi connectivity index (χ3v) is 4.38. The lowest BCUT2D eigenvalue weighted by molar-refractivity contribution is -0.139. The molecule has 0 unspecified atom stereocenters. The van der Waals surface area contributed by atoms with E-state index >= 15 is 0 Å². The third-order valence-electron chi connectivity index (χ3n) is 4.13. The standard InChI is InChI=1S/C20H17ClO5/c1-11-7-16(25-10-18(22)23)19-12(2)15(20(24)26-17(19)8-11)9-13-3-5-14(21)6-4-13/h3-8H,9-10H2,1-2H3,(H,22,23). The van der Waals surface area contributed by atoms with E-state index in [9.17, 15) is 9.59 Å². The first kappa shape index (κ1) is 18.0. The highest BCUT2D eigenvalue weighted by atomic mass is 35.5. The molecule has 0 amide bonds. The van der Waals surface area contributed by atoms with Crippen LogP contribution in [0.15, 0.2) is 45.6 Å². The second-order valence-corrected chi connectivity index (χ2v) is 6.55. The second kappa shape index (κ2) is 7.22. The van der Waals surface area contributed by atoms with Crippen LogP contribution in [0.5, 0.6) is 5.75 Å². The monoisotopic (exact) mass is 372 g/mol. The minimum atomic E-state index is -1.07. The van der Waals surface area contributed by atoms with Gasteiger partial charge in [0.25, 0.3) is 0 Å². The van der Waals surface area contributed by atoms with Crippen LogP contribution in [0, 0.1) is 13.8 Å². The number of hydrogen-bond donors (Lipinski definition) is 1. The van der Waals surface area contributed by atoms with E-state index in [-0.39, 0.29) is 0 Å². The van der Waals surface area contributed by atoms with Crippen molar-refractivity contribution in [2.24, 2.45) is 0 Å². The molecule has 0 atom stereocenters. The highest BCUT2D eigenvalue weighted by Gasteiger charge is 2.17. The van der Waals surface area contributed by atoms with Crippen molar-refractivity contribution in [3.8, 4) is 5.75 Å². The molecule has 0 saturated carbocycles. The summed E-state index contributed by atoms with van der Waals surface area (Å²) in [4.78, 5) is 23.3. The number of carboxylic acids is 1. The molecule has 6 heteroatoms. The van der Waals surface area contributed by atoms with Gasteiger partial charge in [-0.15, -0.1) is 0 Å². The molecule has 0 spiro atoms. The Morgan fingerprint density at radius 3 is 2.54 bits per heavy atom. The van der Waals surface area contributed by atoms with Gasteiger partial charge in [-0.25, -0.2) is 9.59 Å². The van der Waals surface area contributed by atoms with Crippen LogP contribution in [0.25, 0.3) is 11.0 Å². The van der Waals surface area contributed by atoms with Crippen molar-refractivity contribution in [1.82, 2.24) is 0 Å². The molecule has 3 rings (SSSR count). The molecule has 1 heterocycles. The maximum Gasteiger partial charge on any atom is 0.341 e. The molecular weight excluding hydrogens is 356 g/mol. The molecule has 5 nitrogen and oxygen atoms in total. The van der Waals surface area contributed by atoms with Crippen molar-refractivity contribution in [2.45, 2.75) is 20.3 Å². The van der Waals surface area contributed by atoms with Gasteiger partial charge >= 0.3 is 11.6 Å². The van der Waals surface area contributed by atoms with E-state index in [0.717, 1.165) is 11.1 Å². The lowest BCUT2D eigenvalue weighted by Gasteiger charge is -2.13. The van der Waals surface area contributed by atoms with Gasteiger partial charge in [0.2, 0.25) is 0 Å². The van der Waals surface area contributed by atoms with Crippen molar-refractivity contribution in [2.75, 3.05) is 6.61 Å². The Balaban J connectivity index is 2.13. The Kier molecular flexibility index (Phi) is 5.00. The van der Waals surface area contributed by atoms with E-state index in [4.69, 9.17) is 25.9 Å². The largest absolute Gasteiger partial charge is 0.481 e. The molecule has 0 aliphatic rings. The fraction of sp³-hybridized carbons (Fsp3) is 0.200. The molecule has 3 aromatic rings. The lowest BCUT2D eigenvalue weighted by Crippen LogP contribution is -2.13. The molecule has 0 aliphatic carbocycles. The first-order chi connectivity index (χ1) is 12.3. The highest BCUT2D eigenvalue weighted by Crippen LogP contribution is 2.31. The van der Waals surface area contributed by atoms with Crippen molar-refractivity contribution in [3.63, 3.8) is 0 Å².